The number of carbonyl (C=O) groups is 1. The molecule has 0 saturated carbocycles. The first-order chi connectivity index (χ1) is 19.4. The third-order valence-electron chi connectivity index (χ3n) is 6.54. The number of benzene rings is 1. The lowest BCUT2D eigenvalue weighted by Crippen LogP contribution is -2.25. The first-order valence-electron chi connectivity index (χ1n) is 13.0. The number of alkyl halides is 3. The molecule has 1 fully saturated rings. The third kappa shape index (κ3) is 7.80. The lowest BCUT2D eigenvalue weighted by atomic mass is 10.1. The Labute approximate surface area is 238 Å². The number of aromatic amines is 1. The molecule has 220 valence electrons. The van der Waals surface area contributed by atoms with Crippen LogP contribution in [0, 0.1) is 0 Å². The van der Waals surface area contributed by atoms with E-state index in [1.54, 1.807) is 12.1 Å². The van der Waals surface area contributed by atoms with Crippen LogP contribution in [-0.4, -0.2) is 72.8 Å². The summed E-state index contributed by atoms with van der Waals surface area (Å²) in [4.78, 5) is 23.9. The molecule has 14 heteroatoms. The van der Waals surface area contributed by atoms with Crippen molar-refractivity contribution in [2.75, 3.05) is 26.0 Å². The van der Waals surface area contributed by atoms with Crippen LogP contribution in [-0.2, 0) is 19.4 Å². The fraction of sp³-hybridized carbons (Fsp3) is 0.444. The summed E-state index contributed by atoms with van der Waals surface area (Å²) in [5, 5.41) is 1.15. The normalized spacial score (nSPS) is 18.4. The van der Waals surface area contributed by atoms with Crippen molar-refractivity contribution in [1.29, 1.82) is 0 Å². The van der Waals surface area contributed by atoms with Gasteiger partial charge < -0.3 is 19.2 Å². The molecule has 3 aromatic rings. The summed E-state index contributed by atoms with van der Waals surface area (Å²) >= 11 is 1.36. The lowest BCUT2D eigenvalue weighted by Gasteiger charge is -2.24. The van der Waals surface area contributed by atoms with Crippen LogP contribution in [0.3, 0.4) is 0 Å². The van der Waals surface area contributed by atoms with Crippen LogP contribution in [0.25, 0.3) is 10.9 Å². The smallest absolute Gasteiger partial charge is 0.389 e. The van der Waals surface area contributed by atoms with Gasteiger partial charge in [-0.3, -0.25) is 9.79 Å². The Morgan fingerprint density at radius 1 is 1.17 bits per heavy atom. The molecule has 1 N–H and O–H groups in total. The summed E-state index contributed by atoms with van der Waals surface area (Å²) in [6.07, 6.45) is -2.16. The van der Waals surface area contributed by atoms with E-state index in [9.17, 15) is 26.4 Å². The van der Waals surface area contributed by atoms with Gasteiger partial charge in [-0.2, -0.15) is 13.2 Å². The molecule has 2 aromatic heterocycles. The van der Waals surface area contributed by atoms with E-state index in [1.165, 1.54) is 30.1 Å². The Morgan fingerprint density at radius 2 is 1.95 bits per heavy atom. The molecule has 0 radical (unpaired) electrons. The van der Waals surface area contributed by atoms with Gasteiger partial charge in [0.25, 0.3) is 0 Å². The molecule has 0 amide bonds. The highest BCUT2D eigenvalue weighted by atomic mass is 32.2. The minimum Gasteiger partial charge on any atom is -0.488 e. The van der Waals surface area contributed by atoms with Crippen molar-refractivity contribution in [2.24, 2.45) is 4.99 Å². The van der Waals surface area contributed by atoms with Gasteiger partial charge in [0, 0.05) is 48.6 Å². The molecule has 0 spiro atoms. The van der Waals surface area contributed by atoms with Crippen LogP contribution in [0.15, 0.2) is 46.5 Å². The van der Waals surface area contributed by atoms with Crippen LogP contribution in [0.2, 0.25) is 0 Å². The number of aromatic nitrogens is 2. The van der Waals surface area contributed by atoms with Crippen molar-refractivity contribution in [1.82, 2.24) is 9.97 Å². The van der Waals surface area contributed by atoms with Crippen LogP contribution < -0.4 is 9.47 Å². The number of nitrogens with one attached hydrogen (secondary N) is 1. The van der Waals surface area contributed by atoms with Crippen LogP contribution in [0.4, 0.5) is 13.2 Å². The van der Waals surface area contributed by atoms with Crippen LogP contribution in [0.5, 0.6) is 17.2 Å². The maximum atomic E-state index is 12.5. The number of halogens is 3. The van der Waals surface area contributed by atoms with Gasteiger partial charge >= 0.3 is 6.18 Å². The minimum absolute atomic E-state index is 0.0240. The number of sulfone groups is 1. The van der Waals surface area contributed by atoms with E-state index >= 15 is 0 Å². The van der Waals surface area contributed by atoms with Crippen molar-refractivity contribution in [3.8, 4) is 17.2 Å². The molecule has 0 aliphatic carbocycles. The number of rotatable bonds is 10. The summed E-state index contributed by atoms with van der Waals surface area (Å²) < 4.78 is 78.7. The van der Waals surface area contributed by atoms with Gasteiger partial charge in [-0.25, -0.2) is 13.4 Å². The standard InChI is InChI=1S/C27H28F3N3O6S2/c1-41(35,36)24-3-2-19(14-31-24)38-20-10-16-11-22(33-25(16)23(13-20)39-18-5-8-37-9-6-18)26-32-15-21(40-26)12-17(34)4-7-27(28,29)30/h2-3,10-11,13-14,18,21,33H,4-9,12,15H2,1H3. The molecule has 1 saturated heterocycles. The zero-order valence-electron chi connectivity index (χ0n) is 22.1. The Morgan fingerprint density at radius 3 is 2.63 bits per heavy atom. The molecule has 41 heavy (non-hydrogen) atoms. The molecular formula is C27H28F3N3O6S2. The van der Waals surface area contributed by atoms with E-state index in [1.807, 2.05) is 6.07 Å². The predicted octanol–water partition coefficient (Wildman–Crippen LogP) is 5.48. The van der Waals surface area contributed by atoms with E-state index in [2.05, 4.69) is 15.0 Å². The third-order valence-corrected chi connectivity index (χ3v) is 8.76. The molecule has 2 aliphatic heterocycles. The number of ether oxygens (including phenoxy) is 3. The molecule has 0 bridgehead atoms. The zero-order chi connectivity index (χ0) is 29.2. The van der Waals surface area contributed by atoms with E-state index in [-0.39, 0.29) is 22.8 Å². The number of pyridine rings is 1. The SMILES string of the molecule is CS(=O)(=O)c1ccc(Oc2cc(OC3CCOCC3)c3[nH]c(C4=NCC(CC(=O)CCC(F)(F)F)S4)cc3c2)cn1. The number of carbonyl (C=O) groups excluding carboxylic acids is 1. The Kier molecular flexibility index (Phi) is 8.62. The van der Waals surface area contributed by atoms with E-state index in [0.29, 0.717) is 47.7 Å². The highest BCUT2D eigenvalue weighted by Gasteiger charge is 2.30. The number of hydrogen-bond acceptors (Lipinski definition) is 9. The summed E-state index contributed by atoms with van der Waals surface area (Å²) in [6, 6.07) is 8.32. The van der Waals surface area contributed by atoms with Gasteiger partial charge in [-0.1, -0.05) is 11.8 Å². The monoisotopic (exact) mass is 611 g/mol. The summed E-state index contributed by atoms with van der Waals surface area (Å²) in [5.41, 5.74) is 1.42. The minimum atomic E-state index is -4.35. The van der Waals surface area contributed by atoms with E-state index in [4.69, 9.17) is 14.2 Å². The van der Waals surface area contributed by atoms with Crippen LogP contribution >= 0.6 is 11.8 Å². The van der Waals surface area contributed by atoms with Crippen molar-refractivity contribution in [3.05, 3.63) is 42.2 Å². The van der Waals surface area contributed by atoms with Gasteiger partial charge in [0.15, 0.2) is 14.9 Å². The molecule has 4 heterocycles. The second kappa shape index (κ2) is 12.0. The molecule has 1 atom stereocenters. The topological polar surface area (TPSA) is 120 Å². The van der Waals surface area contributed by atoms with Gasteiger partial charge in [0.1, 0.15) is 34.2 Å². The van der Waals surface area contributed by atoms with Gasteiger partial charge in [0.2, 0.25) is 0 Å². The molecular weight excluding hydrogens is 583 g/mol. The average Bonchev–Trinajstić information content (AvgIpc) is 3.55. The number of aliphatic imine (C=N–C) groups is 1. The number of thioether (sulfide) groups is 1. The van der Waals surface area contributed by atoms with Crippen molar-refractivity contribution >= 4 is 43.3 Å². The number of H-pyrrole nitrogens is 1. The van der Waals surface area contributed by atoms with Crippen LogP contribution in [0.1, 0.15) is 37.8 Å². The lowest BCUT2D eigenvalue weighted by molar-refractivity contribution is -0.143. The van der Waals surface area contributed by atoms with Crippen molar-refractivity contribution in [2.45, 2.75) is 54.7 Å². The molecule has 2 aliphatic rings. The van der Waals surface area contributed by atoms with Crippen molar-refractivity contribution in [3.63, 3.8) is 0 Å². The molecule has 1 aromatic carbocycles. The maximum Gasteiger partial charge on any atom is 0.389 e. The fourth-order valence-corrected chi connectivity index (χ4v) is 6.20. The summed E-state index contributed by atoms with van der Waals surface area (Å²) in [5.74, 6) is 0.922. The van der Waals surface area contributed by atoms with Crippen molar-refractivity contribution < 1.29 is 40.6 Å². The van der Waals surface area contributed by atoms with E-state index in [0.717, 1.165) is 30.0 Å². The second-order valence-corrected chi connectivity index (χ2v) is 13.2. The van der Waals surface area contributed by atoms with Gasteiger partial charge in [-0.05, 0) is 24.3 Å². The molecule has 5 rings (SSSR count). The number of nitrogens with zero attached hydrogens (tertiary/aromatic N) is 2. The highest BCUT2D eigenvalue weighted by molar-refractivity contribution is 8.15. The first-order valence-corrected chi connectivity index (χ1v) is 15.7. The quantitative estimate of drug-likeness (QED) is 0.320. The average molecular weight is 612 g/mol. The van der Waals surface area contributed by atoms with Gasteiger partial charge in [-0.15, -0.1) is 0 Å². The number of Topliss-reactive ketones (excluding diaryl/α,β-unsaturated/α-hetero) is 1. The Balaban J connectivity index is 1.36. The fourth-order valence-electron chi connectivity index (χ4n) is 4.52. The number of fused-ring (bicyclic) bond motifs is 1. The highest BCUT2D eigenvalue weighted by Crippen LogP contribution is 2.37. The Bertz CT molecular complexity index is 1550. The molecule has 1 unspecified atom stereocenters. The van der Waals surface area contributed by atoms with Gasteiger partial charge in [0.05, 0.1) is 43.6 Å². The van der Waals surface area contributed by atoms with E-state index < -0.39 is 34.6 Å². The maximum absolute atomic E-state index is 12.5. The number of ketones is 1. The zero-order valence-corrected chi connectivity index (χ0v) is 23.7. The largest absolute Gasteiger partial charge is 0.488 e. The molecule has 9 nitrogen and oxygen atoms in total. The summed E-state index contributed by atoms with van der Waals surface area (Å²) in [6.45, 7) is 1.52. The summed E-state index contributed by atoms with van der Waals surface area (Å²) in [7, 11) is -3.45. The Hall–Kier alpha value is -3.10. The predicted molar refractivity (Wildman–Crippen MR) is 148 cm³/mol. The second-order valence-electron chi connectivity index (χ2n) is 9.95. The number of hydrogen-bond donors (Lipinski definition) is 1. The first kappa shape index (κ1) is 29.4.